The molecule has 10 heteroatoms. The number of anilines is 1. The molecule has 0 atom stereocenters. The Balaban J connectivity index is 2.10. The maximum absolute atomic E-state index is 13.7. The molecule has 0 unspecified atom stereocenters. The zero-order valence-electron chi connectivity index (χ0n) is 12.6. The van der Waals surface area contributed by atoms with Crippen molar-refractivity contribution in [3.8, 4) is 5.75 Å². The number of nitrogens with one attached hydrogen (secondary N) is 1. The molecule has 126 valence electrons. The van der Waals surface area contributed by atoms with Gasteiger partial charge in [0.15, 0.2) is 15.9 Å². The van der Waals surface area contributed by atoms with Crippen molar-refractivity contribution in [1.82, 2.24) is 10.2 Å². The van der Waals surface area contributed by atoms with Crippen LogP contribution in [0.25, 0.3) is 0 Å². The number of hydrogen-bond donors (Lipinski definition) is 1. The van der Waals surface area contributed by atoms with Crippen LogP contribution in [0.3, 0.4) is 0 Å². The number of halogens is 1. The second kappa shape index (κ2) is 7.93. The highest BCUT2D eigenvalue weighted by molar-refractivity contribution is 8.01. The molecule has 0 bridgehead atoms. The number of hydrogen-bond acceptors (Lipinski definition) is 7. The first-order valence-electron chi connectivity index (χ1n) is 6.79. The summed E-state index contributed by atoms with van der Waals surface area (Å²) < 4.78 is 45.9. The monoisotopic (exact) mass is 377 g/mol. The zero-order valence-corrected chi connectivity index (χ0v) is 15.0. The van der Waals surface area contributed by atoms with E-state index in [0.29, 0.717) is 4.34 Å². The highest BCUT2D eigenvalue weighted by Gasteiger charge is 2.19. The van der Waals surface area contributed by atoms with Crippen molar-refractivity contribution in [2.24, 2.45) is 0 Å². The van der Waals surface area contributed by atoms with Crippen LogP contribution in [-0.4, -0.2) is 31.5 Å². The van der Waals surface area contributed by atoms with Gasteiger partial charge in [-0.15, -0.1) is 10.2 Å². The molecule has 0 aliphatic carbocycles. The molecule has 0 saturated carbocycles. The van der Waals surface area contributed by atoms with Gasteiger partial charge in [0, 0.05) is 5.75 Å². The Kier molecular flexibility index (Phi) is 6.19. The number of unbranched alkanes of at least 4 members (excludes halogenated alkanes) is 1. The van der Waals surface area contributed by atoms with E-state index in [1.807, 2.05) is 0 Å². The van der Waals surface area contributed by atoms with E-state index < -0.39 is 15.8 Å². The first-order valence-corrected chi connectivity index (χ1v) is 10.1. The van der Waals surface area contributed by atoms with Gasteiger partial charge in [0.25, 0.3) is 10.0 Å². The predicted octanol–water partition coefficient (Wildman–Crippen LogP) is 3.38. The van der Waals surface area contributed by atoms with E-state index in [2.05, 4.69) is 21.8 Å². The third-order valence-electron chi connectivity index (χ3n) is 2.79. The fraction of sp³-hybridized carbons (Fsp3) is 0.385. The minimum atomic E-state index is -3.92. The van der Waals surface area contributed by atoms with Gasteiger partial charge in [-0.3, -0.25) is 4.72 Å². The van der Waals surface area contributed by atoms with Crippen molar-refractivity contribution in [3.05, 3.63) is 24.0 Å². The molecule has 1 aromatic carbocycles. The SMILES string of the molecule is CCCCSc1nnc(NS(=O)(=O)c2ccc(OC)c(F)c2)s1. The van der Waals surface area contributed by atoms with Crippen LogP contribution in [-0.2, 0) is 10.0 Å². The second-order valence-corrected chi connectivity index (χ2v) is 8.48. The van der Waals surface area contributed by atoms with Crippen LogP contribution in [0.2, 0.25) is 0 Å². The average Bonchev–Trinajstić information content (AvgIpc) is 2.94. The van der Waals surface area contributed by atoms with Crippen molar-refractivity contribution in [2.75, 3.05) is 17.6 Å². The molecule has 1 heterocycles. The summed E-state index contributed by atoms with van der Waals surface area (Å²) in [5.41, 5.74) is 0. The Labute approximate surface area is 142 Å². The highest BCUT2D eigenvalue weighted by Crippen LogP contribution is 2.28. The standard InChI is InChI=1S/C13H16FN3O3S3/c1-3-4-7-21-13-16-15-12(22-13)17-23(18,19)9-5-6-11(20-2)10(14)8-9/h5-6,8H,3-4,7H2,1-2H3,(H,15,17). The van der Waals surface area contributed by atoms with Gasteiger partial charge in [0.2, 0.25) is 5.13 Å². The molecule has 0 radical (unpaired) electrons. The van der Waals surface area contributed by atoms with E-state index in [1.165, 1.54) is 31.0 Å². The van der Waals surface area contributed by atoms with Crippen LogP contribution in [0.15, 0.2) is 27.4 Å². The van der Waals surface area contributed by atoms with Crippen LogP contribution < -0.4 is 9.46 Å². The predicted molar refractivity (Wildman–Crippen MR) is 89.3 cm³/mol. The molecule has 23 heavy (non-hydrogen) atoms. The highest BCUT2D eigenvalue weighted by atomic mass is 32.2. The van der Waals surface area contributed by atoms with E-state index in [-0.39, 0.29) is 15.8 Å². The summed E-state index contributed by atoms with van der Waals surface area (Å²) in [4.78, 5) is -0.203. The third-order valence-corrected chi connectivity index (χ3v) is 6.31. The lowest BCUT2D eigenvalue weighted by molar-refractivity contribution is 0.385. The van der Waals surface area contributed by atoms with E-state index >= 15 is 0 Å². The number of sulfonamides is 1. The van der Waals surface area contributed by atoms with Gasteiger partial charge >= 0.3 is 0 Å². The molecule has 0 aliphatic heterocycles. The molecule has 6 nitrogen and oxygen atoms in total. The Morgan fingerprint density at radius 3 is 2.83 bits per heavy atom. The second-order valence-electron chi connectivity index (χ2n) is 4.48. The molecule has 0 saturated heterocycles. The molecule has 0 amide bonds. The van der Waals surface area contributed by atoms with Gasteiger partial charge in [-0.1, -0.05) is 36.4 Å². The number of rotatable bonds is 8. The summed E-state index contributed by atoms with van der Waals surface area (Å²) in [6.45, 7) is 2.09. The normalized spacial score (nSPS) is 11.4. The van der Waals surface area contributed by atoms with Gasteiger partial charge < -0.3 is 4.74 Å². The van der Waals surface area contributed by atoms with Crippen molar-refractivity contribution >= 4 is 38.3 Å². The van der Waals surface area contributed by atoms with Crippen molar-refractivity contribution in [1.29, 1.82) is 0 Å². The lowest BCUT2D eigenvalue weighted by Crippen LogP contribution is -2.13. The molecule has 0 fully saturated rings. The fourth-order valence-corrected chi connectivity index (χ4v) is 4.75. The van der Waals surface area contributed by atoms with E-state index in [1.54, 1.807) is 0 Å². The van der Waals surface area contributed by atoms with Gasteiger partial charge in [-0.25, -0.2) is 12.8 Å². The minimum absolute atomic E-state index is 0.0190. The first-order chi connectivity index (χ1) is 11.0. The molecular formula is C13H16FN3O3S3. The molecule has 0 spiro atoms. The largest absolute Gasteiger partial charge is 0.494 e. The number of methoxy groups -OCH3 is 1. The van der Waals surface area contributed by atoms with Crippen molar-refractivity contribution < 1.29 is 17.5 Å². The number of benzene rings is 1. The summed E-state index contributed by atoms with van der Waals surface area (Å²) >= 11 is 2.68. The van der Waals surface area contributed by atoms with Gasteiger partial charge in [-0.2, -0.15) is 0 Å². The van der Waals surface area contributed by atoms with E-state index in [0.717, 1.165) is 36.0 Å². The number of aromatic nitrogens is 2. The lowest BCUT2D eigenvalue weighted by atomic mass is 10.3. The Morgan fingerprint density at radius 2 is 2.17 bits per heavy atom. The summed E-state index contributed by atoms with van der Waals surface area (Å²) in [5.74, 6) is 0.139. The third kappa shape index (κ3) is 4.79. The van der Waals surface area contributed by atoms with Gasteiger partial charge in [0.1, 0.15) is 0 Å². The lowest BCUT2D eigenvalue weighted by Gasteiger charge is -2.06. The molecule has 1 N–H and O–H groups in total. The quantitative estimate of drug-likeness (QED) is 0.561. The zero-order chi connectivity index (χ0) is 16.9. The Hall–Kier alpha value is -1.39. The van der Waals surface area contributed by atoms with Crippen molar-refractivity contribution in [3.63, 3.8) is 0 Å². The van der Waals surface area contributed by atoms with Crippen LogP contribution in [0, 0.1) is 5.82 Å². The molecule has 2 aromatic rings. The maximum atomic E-state index is 13.7. The first kappa shape index (κ1) is 18.0. The van der Waals surface area contributed by atoms with E-state index in [4.69, 9.17) is 4.74 Å². The topological polar surface area (TPSA) is 81.2 Å². The van der Waals surface area contributed by atoms with Crippen molar-refractivity contribution in [2.45, 2.75) is 29.0 Å². The van der Waals surface area contributed by atoms with Gasteiger partial charge in [0.05, 0.1) is 12.0 Å². The summed E-state index contributed by atoms with van der Waals surface area (Å²) in [6.07, 6.45) is 2.13. The average molecular weight is 377 g/mol. The van der Waals surface area contributed by atoms with Crippen LogP contribution >= 0.6 is 23.1 Å². The van der Waals surface area contributed by atoms with E-state index in [9.17, 15) is 12.8 Å². The molecule has 2 rings (SSSR count). The number of thioether (sulfide) groups is 1. The maximum Gasteiger partial charge on any atom is 0.263 e. The number of ether oxygens (including phenoxy) is 1. The Morgan fingerprint density at radius 1 is 1.39 bits per heavy atom. The fourth-order valence-electron chi connectivity index (χ4n) is 1.60. The van der Waals surface area contributed by atoms with Crippen LogP contribution in [0.4, 0.5) is 9.52 Å². The number of nitrogens with zero attached hydrogens (tertiary/aromatic N) is 2. The van der Waals surface area contributed by atoms with Crippen LogP contribution in [0.5, 0.6) is 5.75 Å². The van der Waals surface area contributed by atoms with Gasteiger partial charge in [-0.05, 0) is 24.6 Å². The molecular weight excluding hydrogens is 361 g/mol. The Bertz CT molecular complexity index is 765. The minimum Gasteiger partial charge on any atom is -0.494 e. The molecule has 0 aliphatic rings. The summed E-state index contributed by atoms with van der Waals surface area (Å²) in [5, 5.41) is 7.87. The smallest absolute Gasteiger partial charge is 0.263 e. The summed E-state index contributed by atoms with van der Waals surface area (Å²) in [6, 6.07) is 3.43. The summed E-state index contributed by atoms with van der Waals surface area (Å²) in [7, 11) is -2.61. The van der Waals surface area contributed by atoms with Crippen LogP contribution in [0.1, 0.15) is 19.8 Å². The molecule has 1 aromatic heterocycles.